The number of ether oxygens (including phenoxy) is 2. The number of amides is 1. The maximum absolute atomic E-state index is 14.0. The van der Waals surface area contributed by atoms with Crippen molar-refractivity contribution in [1.29, 1.82) is 5.26 Å². The summed E-state index contributed by atoms with van der Waals surface area (Å²) in [5.74, 6) is -0.276. The molecule has 0 saturated carbocycles. The van der Waals surface area contributed by atoms with Gasteiger partial charge in [-0.2, -0.15) is 5.26 Å². The molecule has 27 heavy (non-hydrogen) atoms. The summed E-state index contributed by atoms with van der Waals surface area (Å²) in [7, 11) is 0. The maximum Gasteiger partial charge on any atom is 0.407 e. The van der Waals surface area contributed by atoms with Crippen LogP contribution in [0.15, 0.2) is 24.5 Å². The normalized spacial score (nSPS) is 14.5. The molecule has 0 spiro atoms. The van der Waals surface area contributed by atoms with Crippen molar-refractivity contribution in [3.63, 3.8) is 0 Å². The largest absolute Gasteiger partial charge is 0.474 e. The van der Waals surface area contributed by atoms with Crippen LogP contribution in [0.4, 0.5) is 9.18 Å². The van der Waals surface area contributed by atoms with Gasteiger partial charge in [-0.25, -0.2) is 19.2 Å². The van der Waals surface area contributed by atoms with Gasteiger partial charge in [0.05, 0.1) is 17.2 Å². The minimum Gasteiger partial charge on any atom is -0.474 e. The van der Waals surface area contributed by atoms with Crippen LogP contribution < -0.4 is 9.47 Å². The Hall–Kier alpha value is -3.41. The predicted molar refractivity (Wildman–Crippen MR) is 91.2 cm³/mol. The average Bonchev–Trinajstić information content (AvgIpc) is 2.66. The van der Waals surface area contributed by atoms with Crippen LogP contribution in [0, 0.1) is 24.1 Å². The van der Waals surface area contributed by atoms with E-state index < -0.39 is 11.9 Å². The summed E-state index contributed by atoms with van der Waals surface area (Å²) in [4.78, 5) is 20.4. The Labute approximate surface area is 154 Å². The Morgan fingerprint density at radius 1 is 1.33 bits per heavy atom. The quantitative estimate of drug-likeness (QED) is 0.878. The highest BCUT2D eigenvalue weighted by Gasteiger charge is 2.25. The molecular weight excluding hydrogens is 355 g/mol. The molecular formula is C18H17FN4O4. The third-order valence-corrected chi connectivity index (χ3v) is 4.25. The minimum atomic E-state index is -0.938. The first-order chi connectivity index (χ1) is 13.0. The molecule has 0 aliphatic carbocycles. The van der Waals surface area contributed by atoms with Crippen molar-refractivity contribution in [2.45, 2.75) is 25.9 Å². The molecule has 1 aromatic carbocycles. The van der Waals surface area contributed by atoms with Crippen molar-refractivity contribution in [3.8, 4) is 23.6 Å². The van der Waals surface area contributed by atoms with Gasteiger partial charge in [-0.05, 0) is 25.1 Å². The summed E-state index contributed by atoms with van der Waals surface area (Å²) >= 11 is 0. The second kappa shape index (κ2) is 7.86. The van der Waals surface area contributed by atoms with Crippen LogP contribution >= 0.6 is 0 Å². The second-order valence-electron chi connectivity index (χ2n) is 6.05. The van der Waals surface area contributed by atoms with E-state index in [9.17, 15) is 9.18 Å². The number of rotatable bonds is 4. The number of carbonyl (C=O) groups is 1. The number of likely N-dealkylation sites (tertiary alicyclic amines) is 1. The Morgan fingerprint density at radius 3 is 2.67 bits per heavy atom. The Kier molecular flexibility index (Phi) is 5.35. The standard InChI is InChI=1S/C18H17FN4O4/c1-11-16(26-13-4-6-23(7-5-13)18(24)25)21-10-22-17(11)27-15-3-2-12(9-20)8-14(15)19/h2-3,8,10,13H,4-7H2,1H3,(H,24,25). The molecule has 0 radical (unpaired) electrons. The van der Waals surface area contributed by atoms with E-state index >= 15 is 0 Å². The third kappa shape index (κ3) is 4.23. The number of nitriles is 1. The fourth-order valence-corrected chi connectivity index (χ4v) is 2.72. The van der Waals surface area contributed by atoms with Crippen molar-refractivity contribution in [1.82, 2.24) is 14.9 Å². The highest BCUT2D eigenvalue weighted by molar-refractivity contribution is 5.65. The molecule has 2 aromatic rings. The van der Waals surface area contributed by atoms with Gasteiger partial charge in [-0.3, -0.25) is 0 Å². The third-order valence-electron chi connectivity index (χ3n) is 4.25. The lowest BCUT2D eigenvalue weighted by molar-refractivity contribution is 0.0864. The molecule has 0 bridgehead atoms. The minimum absolute atomic E-state index is 0.0588. The van der Waals surface area contributed by atoms with E-state index in [0.717, 1.165) is 6.07 Å². The molecule has 1 N–H and O–H groups in total. The van der Waals surface area contributed by atoms with Crippen LogP contribution in [-0.2, 0) is 0 Å². The summed E-state index contributed by atoms with van der Waals surface area (Å²) in [6.07, 6.45) is 1.25. The van der Waals surface area contributed by atoms with Crippen molar-refractivity contribution < 1.29 is 23.8 Å². The van der Waals surface area contributed by atoms with Gasteiger partial charge in [0, 0.05) is 25.9 Å². The summed E-state index contributed by atoms with van der Waals surface area (Å²) in [5, 5.41) is 17.8. The Morgan fingerprint density at radius 2 is 2.04 bits per heavy atom. The second-order valence-corrected chi connectivity index (χ2v) is 6.05. The van der Waals surface area contributed by atoms with Gasteiger partial charge in [0.25, 0.3) is 0 Å². The molecule has 8 nitrogen and oxygen atoms in total. The average molecular weight is 372 g/mol. The Balaban J connectivity index is 1.71. The number of benzene rings is 1. The maximum atomic E-state index is 14.0. The van der Waals surface area contributed by atoms with Crippen molar-refractivity contribution >= 4 is 6.09 Å². The zero-order valence-electron chi connectivity index (χ0n) is 14.6. The SMILES string of the molecule is Cc1c(Oc2ccc(C#N)cc2F)ncnc1OC1CCN(C(=O)O)CC1. The summed E-state index contributed by atoms with van der Waals surface area (Å²) in [5.41, 5.74) is 0.693. The molecule has 0 atom stereocenters. The number of piperidine rings is 1. The van der Waals surface area contributed by atoms with Gasteiger partial charge in [-0.1, -0.05) is 0 Å². The highest BCUT2D eigenvalue weighted by Crippen LogP contribution is 2.30. The van der Waals surface area contributed by atoms with Crippen molar-refractivity contribution in [2.75, 3.05) is 13.1 Å². The fourth-order valence-electron chi connectivity index (χ4n) is 2.72. The number of carboxylic acid groups (broad SMARTS) is 1. The van der Waals surface area contributed by atoms with Gasteiger partial charge in [0.2, 0.25) is 11.8 Å². The number of halogens is 1. The van der Waals surface area contributed by atoms with Crippen LogP contribution in [0.1, 0.15) is 24.0 Å². The first kappa shape index (κ1) is 18.4. The summed E-state index contributed by atoms with van der Waals surface area (Å²) < 4.78 is 25.4. The molecule has 1 aliphatic heterocycles. The number of hydrogen-bond donors (Lipinski definition) is 1. The van der Waals surface area contributed by atoms with E-state index in [-0.39, 0.29) is 23.3 Å². The van der Waals surface area contributed by atoms with Gasteiger partial charge in [0.1, 0.15) is 12.4 Å². The first-order valence-corrected chi connectivity index (χ1v) is 8.31. The molecule has 1 amide bonds. The van der Waals surface area contributed by atoms with Gasteiger partial charge in [-0.15, -0.1) is 0 Å². The van der Waals surface area contributed by atoms with Crippen LogP contribution in [0.2, 0.25) is 0 Å². The smallest absolute Gasteiger partial charge is 0.407 e. The van der Waals surface area contributed by atoms with Crippen LogP contribution in [-0.4, -0.2) is 45.3 Å². The monoisotopic (exact) mass is 372 g/mol. The lowest BCUT2D eigenvalue weighted by Gasteiger charge is -2.30. The number of nitrogens with zero attached hydrogens (tertiary/aromatic N) is 4. The fraction of sp³-hybridized carbons (Fsp3) is 0.333. The summed E-state index contributed by atoms with van der Waals surface area (Å²) in [6, 6.07) is 5.74. The topological polar surface area (TPSA) is 109 Å². The van der Waals surface area contributed by atoms with E-state index in [1.165, 1.54) is 23.4 Å². The van der Waals surface area contributed by atoms with E-state index in [4.69, 9.17) is 19.8 Å². The molecule has 1 saturated heterocycles. The molecule has 0 unspecified atom stereocenters. The molecule has 2 heterocycles. The van der Waals surface area contributed by atoms with E-state index in [2.05, 4.69) is 9.97 Å². The lowest BCUT2D eigenvalue weighted by Crippen LogP contribution is -2.41. The molecule has 9 heteroatoms. The van der Waals surface area contributed by atoms with Gasteiger partial charge in [0.15, 0.2) is 11.6 Å². The van der Waals surface area contributed by atoms with Gasteiger partial charge < -0.3 is 19.5 Å². The first-order valence-electron chi connectivity index (χ1n) is 8.31. The molecule has 3 rings (SSSR count). The van der Waals surface area contributed by atoms with E-state index in [1.807, 2.05) is 6.07 Å². The zero-order valence-corrected chi connectivity index (χ0v) is 14.6. The van der Waals surface area contributed by atoms with E-state index in [1.54, 1.807) is 6.92 Å². The molecule has 1 fully saturated rings. The van der Waals surface area contributed by atoms with Gasteiger partial charge >= 0.3 is 6.09 Å². The van der Waals surface area contributed by atoms with E-state index in [0.29, 0.717) is 37.4 Å². The highest BCUT2D eigenvalue weighted by atomic mass is 19.1. The zero-order chi connectivity index (χ0) is 19.4. The van der Waals surface area contributed by atoms with Crippen LogP contribution in [0.3, 0.4) is 0 Å². The summed E-state index contributed by atoms with van der Waals surface area (Å²) in [6.45, 7) is 2.48. The molecule has 140 valence electrons. The predicted octanol–water partition coefficient (Wildman–Crippen LogP) is 3.11. The molecule has 1 aromatic heterocycles. The molecule has 1 aliphatic rings. The number of hydrogen-bond acceptors (Lipinski definition) is 6. The van der Waals surface area contributed by atoms with Crippen LogP contribution in [0.5, 0.6) is 17.5 Å². The van der Waals surface area contributed by atoms with Crippen LogP contribution in [0.25, 0.3) is 0 Å². The van der Waals surface area contributed by atoms with Crippen molar-refractivity contribution in [3.05, 3.63) is 41.5 Å². The Bertz CT molecular complexity index is 891. The number of aromatic nitrogens is 2. The van der Waals surface area contributed by atoms with Crippen molar-refractivity contribution in [2.24, 2.45) is 0 Å². The lowest BCUT2D eigenvalue weighted by atomic mass is 10.1.